The Bertz CT molecular complexity index is 356. The average molecular weight is 206 g/mol. The molecule has 1 rings (SSSR count). The summed E-state index contributed by atoms with van der Waals surface area (Å²) < 4.78 is 17.5. The van der Waals surface area contributed by atoms with E-state index < -0.39 is 16.4 Å². The molecule has 0 saturated heterocycles. The molecule has 0 aliphatic carbocycles. The standard InChI is InChI=1S/C7H5ClFNO3/c1-13-5-3-2-4(9)7(6(5)8)10(11)12/h2-3H,1H3. The van der Waals surface area contributed by atoms with Gasteiger partial charge in [-0.1, -0.05) is 11.6 Å². The maximum Gasteiger partial charge on any atom is 0.327 e. The lowest BCUT2D eigenvalue weighted by Gasteiger charge is -2.02. The van der Waals surface area contributed by atoms with Gasteiger partial charge in [0.2, 0.25) is 5.82 Å². The Morgan fingerprint density at radius 3 is 2.69 bits per heavy atom. The van der Waals surface area contributed by atoms with Crippen molar-refractivity contribution in [3.8, 4) is 5.75 Å². The van der Waals surface area contributed by atoms with Crippen LogP contribution in [-0.2, 0) is 0 Å². The minimum atomic E-state index is -0.976. The van der Waals surface area contributed by atoms with Crippen LogP contribution in [-0.4, -0.2) is 12.0 Å². The van der Waals surface area contributed by atoms with Gasteiger partial charge in [-0.15, -0.1) is 0 Å². The number of ether oxygens (including phenoxy) is 1. The fourth-order valence-electron chi connectivity index (χ4n) is 0.847. The van der Waals surface area contributed by atoms with E-state index in [1.165, 1.54) is 13.2 Å². The number of hydrogen-bond donors (Lipinski definition) is 0. The van der Waals surface area contributed by atoms with E-state index in [0.717, 1.165) is 6.07 Å². The van der Waals surface area contributed by atoms with Crippen LogP contribution in [0, 0.1) is 15.9 Å². The Labute approximate surface area is 78.0 Å². The first-order valence-corrected chi connectivity index (χ1v) is 3.62. The van der Waals surface area contributed by atoms with Crippen LogP contribution in [0.25, 0.3) is 0 Å². The average Bonchev–Trinajstić information content (AvgIpc) is 2.04. The Kier molecular flexibility index (Phi) is 2.67. The van der Waals surface area contributed by atoms with E-state index in [1.54, 1.807) is 0 Å². The van der Waals surface area contributed by atoms with E-state index in [0.29, 0.717) is 0 Å². The summed E-state index contributed by atoms with van der Waals surface area (Å²) in [6.07, 6.45) is 0. The lowest BCUT2D eigenvalue weighted by Crippen LogP contribution is -1.95. The molecule has 1 aromatic rings. The molecule has 0 fully saturated rings. The molecule has 0 spiro atoms. The molecule has 0 amide bonds. The highest BCUT2D eigenvalue weighted by Crippen LogP contribution is 2.35. The van der Waals surface area contributed by atoms with Gasteiger partial charge in [0.05, 0.1) is 12.0 Å². The van der Waals surface area contributed by atoms with E-state index in [2.05, 4.69) is 4.74 Å². The van der Waals surface area contributed by atoms with Gasteiger partial charge in [-0.25, -0.2) is 0 Å². The predicted molar refractivity (Wildman–Crippen MR) is 44.6 cm³/mol. The molecule has 1 aromatic carbocycles. The van der Waals surface area contributed by atoms with Gasteiger partial charge < -0.3 is 4.74 Å². The molecule has 0 aromatic heterocycles. The summed E-state index contributed by atoms with van der Waals surface area (Å²) in [6.45, 7) is 0. The summed E-state index contributed by atoms with van der Waals surface area (Å²) in [5, 5.41) is 10.0. The van der Waals surface area contributed by atoms with Crippen molar-refractivity contribution in [1.82, 2.24) is 0 Å². The van der Waals surface area contributed by atoms with Crippen molar-refractivity contribution in [1.29, 1.82) is 0 Å². The van der Waals surface area contributed by atoms with Crippen LogP contribution in [0.1, 0.15) is 0 Å². The molecule has 0 heterocycles. The lowest BCUT2D eigenvalue weighted by molar-refractivity contribution is -0.387. The number of nitrogens with zero attached hydrogens (tertiary/aromatic N) is 1. The third-order valence-corrected chi connectivity index (χ3v) is 1.80. The van der Waals surface area contributed by atoms with Crippen LogP contribution in [0.2, 0.25) is 5.02 Å². The topological polar surface area (TPSA) is 52.4 Å². The van der Waals surface area contributed by atoms with Crippen LogP contribution in [0.5, 0.6) is 5.75 Å². The SMILES string of the molecule is COc1ccc(F)c([N+](=O)[O-])c1Cl. The summed E-state index contributed by atoms with van der Waals surface area (Å²) in [5.74, 6) is -0.898. The van der Waals surface area contributed by atoms with Gasteiger partial charge in [0.15, 0.2) is 5.02 Å². The number of rotatable bonds is 2. The number of hydrogen-bond acceptors (Lipinski definition) is 3. The van der Waals surface area contributed by atoms with Crippen LogP contribution >= 0.6 is 11.6 Å². The van der Waals surface area contributed by atoms with Gasteiger partial charge >= 0.3 is 5.69 Å². The van der Waals surface area contributed by atoms with E-state index in [4.69, 9.17) is 11.6 Å². The van der Waals surface area contributed by atoms with Crippen LogP contribution in [0.15, 0.2) is 12.1 Å². The molecule has 0 unspecified atom stereocenters. The van der Waals surface area contributed by atoms with E-state index in [-0.39, 0.29) is 10.8 Å². The predicted octanol–water partition coefficient (Wildman–Crippen LogP) is 2.40. The zero-order valence-electron chi connectivity index (χ0n) is 6.58. The highest BCUT2D eigenvalue weighted by Gasteiger charge is 2.22. The normalized spacial score (nSPS) is 9.77. The van der Waals surface area contributed by atoms with Crippen molar-refractivity contribution < 1.29 is 14.1 Å². The Hall–Kier alpha value is -1.36. The molecule has 0 atom stereocenters. The second-order valence-electron chi connectivity index (χ2n) is 2.17. The fourth-order valence-corrected chi connectivity index (χ4v) is 1.15. The quantitative estimate of drug-likeness (QED) is 0.550. The molecular formula is C7H5ClFNO3. The third kappa shape index (κ3) is 1.70. The number of nitro benzene ring substituents is 1. The molecule has 0 bridgehead atoms. The smallest absolute Gasteiger partial charge is 0.327 e. The molecule has 6 heteroatoms. The summed E-state index contributed by atoms with van der Waals surface area (Å²) in [7, 11) is 1.29. The number of methoxy groups -OCH3 is 1. The van der Waals surface area contributed by atoms with Gasteiger partial charge in [-0.05, 0) is 12.1 Å². The zero-order valence-corrected chi connectivity index (χ0v) is 7.34. The van der Waals surface area contributed by atoms with Crippen LogP contribution < -0.4 is 4.74 Å². The summed E-state index contributed by atoms with van der Waals surface area (Å²) >= 11 is 5.50. The second-order valence-corrected chi connectivity index (χ2v) is 2.55. The van der Waals surface area contributed by atoms with Gasteiger partial charge in [0, 0.05) is 0 Å². The Balaban J connectivity index is 3.38. The van der Waals surface area contributed by atoms with Gasteiger partial charge in [0.25, 0.3) is 0 Å². The summed E-state index contributed by atoms with van der Waals surface area (Å²) in [4.78, 5) is 9.45. The zero-order chi connectivity index (χ0) is 10.0. The van der Waals surface area contributed by atoms with E-state index >= 15 is 0 Å². The van der Waals surface area contributed by atoms with E-state index in [9.17, 15) is 14.5 Å². The van der Waals surface area contributed by atoms with Crippen molar-refractivity contribution in [2.45, 2.75) is 0 Å². The number of nitro groups is 1. The molecule has 0 saturated carbocycles. The minimum absolute atomic E-state index is 0.0785. The third-order valence-electron chi connectivity index (χ3n) is 1.43. The maximum atomic E-state index is 12.8. The number of benzene rings is 1. The highest BCUT2D eigenvalue weighted by atomic mass is 35.5. The first-order chi connectivity index (χ1) is 6.07. The summed E-state index contributed by atoms with van der Waals surface area (Å²) in [6, 6.07) is 2.16. The molecular weight excluding hydrogens is 201 g/mol. The van der Waals surface area contributed by atoms with Crippen molar-refractivity contribution in [3.05, 3.63) is 33.1 Å². The van der Waals surface area contributed by atoms with Crippen molar-refractivity contribution >= 4 is 17.3 Å². The van der Waals surface area contributed by atoms with E-state index in [1.807, 2.05) is 0 Å². The first kappa shape index (κ1) is 9.73. The number of halogens is 2. The molecule has 13 heavy (non-hydrogen) atoms. The Morgan fingerprint density at radius 1 is 1.62 bits per heavy atom. The van der Waals surface area contributed by atoms with Crippen LogP contribution in [0.3, 0.4) is 0 Å². The molecule has 0 aliphatic heterocycles. The molecule has 0 N–H and O–H groups in total. The highest BCUT2D eigenvalue weighted by molar-refractivity contribution is 6.34. The monoisotopic (exact) mass is 205 g/mol. The first-order valence-electron chi connectivity index (χ1n) is 3.24. The van der Waals surface area contributed by atoms with Crippen molar-refractivity contribution in [2.24, 2.45) is 0 Å². The van der Waals surface area contributed by atoms with Gasteiger partial charge in [-0.3, -0.25) is 10.1 Å². The maximum absolute atomic E-state index is 12.8. The van der Waals surface area contributed by atoms with Crippen molar-refractivity contribution in [2.75, 3.05) is 7.11 Å². The molecule has 0 radical (unpaired) electrons. The minimum Gasteiger partial charge on any atom is -0.495 e. The summed E-state index contributed by atoms with van der Waals surface area (Å²) in [5.41, 5.74) is -0.763. The second kappa shape index (κ2) is 3.57. The fraction of sp³-hybridized carbons (Fsp3) is 0.143. The van der Waals surface area contributed by atoms with Crippen molar-refractivity contribution in [3.63, 3.8) is 0 Å². The largest absolute Gasteiger partial charge is 0.495 e. The molecule has 4 nitrogen and oxygen atoms in total. The van der Waals surface area contributed by atoms with Gasteiger partial charge in [0.1, 0.15) is 5.75 Å². The Morgan fingerprint density at radius 2 is 2.23 bits per heavy atom. The van der Waals surface area contributed by atoms with Crippen LogP contribution in [0.4, 0.5) is 10.1 Å². The molecule has 0 aliphatic rings. The lowest BCUT2D eigenvalue weighted by atomic mass is 10.3. The van der Waals surface area contributed by atoms with Gasteiger partial charge in [-0.2, -0.15) is 4.39 Å². The molecule has 70 valence electrons.